The highest BCUT2D eigenvalue weighted by Crippen LogP contribution is 2.34. The number of rotatable bonds is 9. The topological polar surface area (TPSA) is 90.9 Å². The molecule has 0 fully saturated rings. The van der Waals surface area contributed by atoms with Crippen molar-refractivity contribution >= 4 is 57.4 Å². The monoisotopic (exact) mass is 473 g/mol. The maximum Gasteiger partial charge on any atom is 0.344 e. The molecular formula is C20H21Cl2NO6S. The number of ether oxygens (including phenoxy) is 3. The molecule has 2 aromatic rings. The number of aryl methyl sites for hydroxylation is 1. The number of hydrogen-bond acceptors (Lipinski definition) is 7. The molecule has 0 aliphatic carbocycles. The van der Waals surface area contributed by atoms with Gasteiger partial charge >= 0.3 is 11.9 Å². The fourth-order valence-electron chi connectivity index (χ4n) is 2.59. The summed E-state index contributed by atoms with van der Waals surface area (Å²) in [6.07, 6.45) is 0.617. The number of esters is 2. The highest BCUT2D eigenvalue weighted by atomic mass is 35.5. The molecule has 0 radical (unpaired) electrons. The van der Waals surface area contributed by atoms with E-state index in [1.165, 1.54) is 23.5 Å². The van der Waals surface area contributed by atoms with Gasteiger partial charge in [0.1, 0.15) is 10.8 Å². The lowest BCUT2D eigenvalue weighted by Gasteiger charge is -2.10. The van der Waals surface area contributed by atoms with Crippen molar-refractivity contribution in [3.8, 4) is 5.75 Å². The van der Waals surface area contributed by atoms with Gasteiger partial charge < -0.3 is 19.5 Å². The summed E-state index contributed by atoms with van der Waals surface area (Å²) in [5.74, 6) is -1.57. The van der Waals surface area contributed by atoms with Gasteiger partial charge in [-0.1, -0.05) is 30.1 Å². The van der Waals surface area contributed by atoms with E-state index >= 15 is 0 Å². The van der Waals surface area contributed by atoms with Gasteiger partial charge in [0.2, 0.25) is 0 Å². The first kappa shape index (κ1) is 24.0. The Balaban J connectivity index is 1.92. The van der Waals surface area contributed by atoms with Gasteiger partial charge in [-0.15, -0.1) is 11.3 Å². The van der Waals surface area contributed by atoms with Crippen LogP contribution < -0.4 is 10.1 Å². The lowest BCUT2D eigenvalue weighted by molar-refractivity contribution is -0.149. The molecule has 0 aliphatic heterocycles. The highest BCUT2D eigenvalue weighted by Gasteiger charge is 2.23. The van der Waals surface area contributed by atoms with E-state index in [1.807, 2.05) is 13.8 Å². The van der Waals surface area contributed by atoms with Crippen LogP contribution in [0.1, 0.15) is 34.6 Å². The molecule has 0 aliphatic rings. The maximum atomic E-state index is 12.3. The summed E-state index contributed by atoms with van der Waals surface area (Å²) in [6.45, 7) is 4.75. The Hall–Kier alpha value is -2.29. The minimum Gasteiger partial charge on any atom is -0.480 e. The SMILES string of the molecule is CCOC(=O)c1c(NC(=O)COC(=O)COc2ccc(Cl)cc2Cl)sc(C)c1CC. The number of carbonyl (C=O) groups excluding carboxylic acids is 3. The van der Waals surface area contributed by atoms with Gasteiger partial charge in [0, 0.05) is 9.90 Å². The Morgan fingerprint density at radius 2 is 1.83 bits per heavy atom. The maximum absolute atomic E-state index is 12.3. The Kier molecular flexibility index (Phi) is 8.95. The third-order valence-electron chi connectivity index (χ3n) is 3.90. The van der Waals surface area contributed by atoms with E-state index in [-0.39, 0.29) is 17.4 Å². The van der Waals surface area contributed by atoms with Crippen molar-refractivity contribution in [3.63, 3.8) is 0 Å². The molecule has 2 rings (SSSR count). The first-order valence-corrected chi connectivity index (χ1v) is 10.7. The zero-order chi connectivity index (χ0) is 22.3. The molecule has 1 N–H and O–H groups in total. The Morgan fingerprint density at radius 3 is 2.47 bits per heavy atom. The van der Waals surface area contributed by atoms with E-state index in [1.54, 1.807) is 13.0 Å². The van der Waals surface area contributed by atoms with E-state index in [4.69, 9.17) is 37.4 Å². The van der Waals surface area contributed by atoms with Crippen LogP contribution in [0.2, 0.25) is 10.0 Å². The molecule has 0 atom stereocenters. The summed E-state index contributed by atoms with van der Waals surface area (Å²) in [6, 6.07) is 4.56. The van der Waals surface area contributed by atoms with Crippen LogP contribution in [0.4, 0.5) is 5.00 Å². The third kappa shape index (κ3) is 6.35. The Labute approximate surface area is 188 Å². The molecule has 1 aromatic carbocycles. The van der Waals surface area contributed by atoms with Gasteiger partial charge in [-0.3, -0.25) is 4.79 Å². The molecule has 1 amide bonds. The van der Waals surface area contributed by atoms with Crippen LogP contribution in [0, 0.1) is 6.92 Å². The lowest BCUT2D eigenvalue weighted by Crippen LogP contribution is -2.24. The van der Waals surface area contributed by atoms with Crippen molar-refractivity contribution in [3.05, 3.63) is 44.2 Å². The molecule has 10 heteroatoms. The van der Waals surface area contributed by atoms with E-state index < -0.39 is 31.1 Å². The van der Waals surface area contributed by atoms with E-state index in [9.17, 15) is 14.4 Å². The predicted octanol–water partition coefficient (Wildman–Crippen LogP) is 4.66. The molecule has 1 heterocycles. The minimum atomic E-state index is -0.751. The second-order valence-electron chi connectivity index (χ2n) is 5.99. The zero-order valence-corrected chi connectivity index (χ0v) is 19.0. The summed E-state index contributed by atoms with van der Waals surface area (Å²) in [4.78, 5) is 37.3. The second kappa shape index (κ2) is 11.2. The first-order chi connectivity index (χ1) is 14.3. The molecule has 0 unspecified atom stereocenters. The number of benzene rings is 1. The van der Waals surface area contributed by atoms with Gasteiger partial charge in [0.15, 0.2) is 13.2 Å². The van der Waals surface area contributed by atoms with Crippen molar-refractivity contribution in [2.45, 2.75) is 27.2 Å². The summed E-state index contributed by atoms with van der Waals surface area (Å²) in [5, 5.41) is 3.67. The standard InChI is InChI=1S/C20H21Cl2NO6S/c1-4-13-11(3)30-19(18(13)20(26)27-5-2)23-16(24)9-29-17(25)10-28-15-7-6-12(21)8-14(15)22/h6-8H,4-5,9-10H2,1-3H3,(H,23,24). The zero-order valence-electron chi connectivity index (χ0n) is 16.7. The third-order valence-corrected chi connectivity index (χ3v) is 5.49. The quantitative estimate of drug-likeness (QED) is 0.532. The fraction of sp³-hybridized carbons (Fsp3) is 0.350. The van der Waals surface area contributed by atoms with Crippen LogP contribution in [-0.4, -0.2) is 37.7 Å². The molecule has 0 spiro atoms. The lowest BCUT2D eigenvalue weighted by atomic mass is 10.1. The largest absolute Gasteiger partial charge is 0.480 e. The van der Waals surface area contributed by atoms with Crippen molar-refractivity contribution < 1.29 is 28.6 Å². The van der Waals surface area contributed by atoms with Gasteiger partial charge in [-0.25, -0.2) is 9.59 Å². The van der Waals surface area contributed by atoms with Gasteiger partial charge in [0.25, 0.3) is 5.91 Å². The first-order valence-electron chi connectivity index (χ1n) is 9.09. The number of halogens is 2. The number of nitrogens with one attached hydrogen (secondary N) is 1. The molecule has 0 bridgehead atoms. The highest BCUT2D eigenvalue weighted by molar-refractivity contribution is 7.16. The Morgan fingerprint density at radius 1 is 1.10 bits per heavy atom. The normalized spacial score (nSPS) is 10.4. The van der Waals surface area contributed by atoms with E-state index in [0.29, 0.717) is 22.0 Å². The summed E-state index contributed by atoms with van der Waals surface area (Å²) < 4.78 is 15.3. The summed E-state index contributed by atoms with van der Waals surface area (Å²) in [5.41, 5.74) is 1.15. The van der Waals surface area contributed by atoms with Crippen molar-refractivity contribution in [2.75, 3.05) is 25.1 Å². The predicted molar refractivity (Wildman–Crippen MR) is 116 cm³/mol. The number of thiophene rings is 1. The van der Waals surface area contributed by atoms with Gasteiger partial charge in [0.05, 0.1) is 17.2 Å². The number of carbonyl (C=O) groups is 3. The molecule has 30 heavy (non-hydrogen) atoms. The fourth-order valence-corrected chi connectivity index (χ4v) is 4.20. The van der Waals surface area contributed by atoms with Gasteiger partial charge in [-0.05, 0) is 44.0 Å². The minimum absolute atomic E-state index is 0.222. The molecule has 162 valence electrons. The van der Waals surface area contributed by atoms with Crippen molar-refractivity contribution in [2.24, 2.45) is 0 Å². The molecule has 7 nitrogen and oxygen atoms in total. The van der Waals surface area contributed by atoms with Crippen LogP contribution in [0.25, 0.3) is 0 Å². The molecule has 1 aromatic heterocycles. The number of anilines is 1. The number of hydrogen-bond donors (Lipinski definition) is 1. The van der Waals surface area contributed by atoms with Crippen LogP contribution in [-0.2, 0) is 25.5 Å². The van der Waals surface area contributed by atoms with Crippen LogP contribution in [0.3, 0.4) is 0 Å². The van der Waals surface area contributed by atoms with Crippen LogP contribution in [0.15, 0.2) is 18.2 Å². The molecular weight excluding hydrogens is 453 g/mol. The second-order valence-corrected chi connectivity index (χ2v) is 8.06. The average Bonchev–Trinajstić information content (AvgIpc) is 3.00. The van der Waals surface area contributed by atoms with E-state index in [2.05, 4.69) is 5.32 Å². The van der Waals surface area contributed by atoms with Gasteiger partial charge in [-0.2, -0.15) is 0 Å². The number of amides is 1. The molecule has 0 saturated heterocycles. The average molecular weight is 474 g/mol. The van der Waals surface area contributed by atoms with Crippen molar-refractivity contribution in [1.82, 2.24) is 0 Å². The van der Waals surface area contributed by atoms with Crippen molar-refractivity contribution in [1.29, 1.82) is 0 Å². The van der Waals surface area contributed by atoms with Crippen LogP contribution >= 0.6 is 34.5 Å². The summed E-state index contributed by atoms with van der Waals surface area (Å²) >= 11 is 13.0. The smallest absolute Gasteiger partial charge is 0.344 e. The Bertz CT molecular complexity index is 944. The van der Waals surface area contributed by atoms with E-state index in [0.717, 1.165) is 10.4 Å². The van der Waals surface area contributed by atoms with Crippen LogP contribution in [0.5, 0.6) is 5.75 Å². The molecule has 0 saturated carbocycles. The summed E-state index contributed by atoms with van der Waals surface area (Å²) in [7, 11) is 0.